The molecule has 2 fully saturated rings. The summed E-state index contributed by atoms with van der Waals surface area (Å²) >= 11 is 0. The maximum atomic E-state index is 12.2. The second kappa shape index (κ2) is 3.83. The van der Waals surface area contributed by atoms with Crippen LogP contribution in [0.15, 0.2) is 27.9 Å². The maximum Gasteiger partial charge on any atom is 0.276 e. The lowest BCUT2D eigenvalue weighted by atomic mass is 9.98. The highest BCUT2D eigenvalue weighted by Crippen LogP contribution is 2.39. The molecule has 1 saturated carbocycles. The zero-order chi connectivity index (χ0) is 12.0. The van der Waals surface area contributed by atoms with E-state index in [-0.39, 0.29) is 11.1 Å². The van der Waals surface area contributed by atoms with Gasteiger partial charge in [0.05, 0.1) is 6.26 Å². The third-order valence-corrected chi connectivity index (χ3v) is 5.69. The van der Waals surface area contributed by atoms with Gasteiger partial charge in [0, 0.05) is 19.1 Å². The molecule has 2 N–H and O–H groups in total. The molecule has 6 heteroatoms. The van der Waals surface area contributed by atoms with Gasteiger partial charge in [-0.15, -0.1) is 0 Å². The SMILES string of the molecule is NC1CCC2CN(S(=O)(=O)c3ccco3)CC12. The quantitative estimate of drug-likeness (QED) is 0.842. The molecule has 0 amide bonds. The van der Waals surface area contributed by atoms with Gasteiger partial charge < -0.3 is 10.2 Å². The molecule has 0 bridgehead atoms. The van der Waals surface area contributed by atoms with Crippen molar-refractivity contribution in [2.75, 3.05) is 13.1 Å². The summed E-state index contributed by atoms with van der Waals surface area (Å²) in [7, 11) is -3.45. The Morgan fingerprint density at radius 1 is 1.35 bits per heavy atom. The van der Waals surface area contributed by atoms with Crippen molar-refractivity contribution in [3.63, 3.8) is 0 Å². The summed E-state index contributed by atoms with van der Waals surface area (Å²) < 4.78 is 31.0. The highest BCUT2D eigenvalue weighted by atomic mass is 32.2. The van der Waals surface area contributed by atoms with E-state index in [4.69, 9.17) is 10.2 Å². The summed E-state index contributed by atoms with van der Waals surface area (Å²) in [4.78, 5) is 0. The summed E-state index contributed by atoms with van der Waals surface area (Å²) in [6.45, 7) is 1.12. The third-order valence-electron chi connectivity index (χ3n) is 3.97. The van der Waals surface area contributed by atoms with Crippen molar-refractivity contribution >= 4 is 10.0 Å². The van der Waals surface area contributed by atoms with Gasteiger partial charge in [-0.2, -0.15) is 4.31 Å². The van der Waals surface area contributed by atoms with Crippen LogP contribution in [0.2, 0.25) is 0 Å². The summed E-state index contributed by atoms with van der Waals surface area (Å²) in [6.07, 6.45) is 3.44. The molecule has 0 aromatic carbocycles. The second-order valence-corrected chi connectivity index (χ2v) is 6.79. The molecule has 17 heavy (non-hydrogen) atoms. The fourth-order valence-corrected chi connectivity index (χ4v) is 4.44. The van der Waals surface area contributed by atoms with Crippen LogP contribution in [0, 0.1) is 11.8 Å². The number of hydrogen-bond acceptors (Lipinski definition) is 4. The predicted octanol–water partition coefficient (Wildman–Crippen LogP) is 0.637. The molecule has 1 aromatic heterocycles. The fourth-order valence-electron chi connectivity index (χ4n) is 3.00. The number of nitrogens with two attached hydrogens (primary N) is 1. The first-order valence-corrected chi connectivity index (χ1v) is 7.32. The Morgan fingerprint density at radius 3 is 2.82 bits per heavy atom. The lowest BCUT2D eigenvalue weighted by Crippen LogP contribution is -2.33. The van der Waals surface area contributed by atoms with Crippen molar-refractivity contribution in [2.45, 2.75) is 24.0 Å². The number of rotatable bonds is 2. The van der Waals surface area contributed by atoms with Gasteiger partial charge in [0.1, 0.15) is 0 Å². The van der Waals surface area contributed by atoms with E-state index in [1.807, 2.05) is 0 Å². The molecule has 94 valence electrons. The van der Waals surface area contributed by atoms with Crippen LogP contribution in [0.5, 0.6) is 0 Å². The third kappa shape index (κ3) is 1.71. The summed E-state index contributed by atoms with van der Waals surface area (Å²) in [5.41, 5.74) is 6.00. The Labute approximate surface area is 101 Å². The van der Waals surface area contributed by atoms with Crippen molar-refractivity contribution in [2.24, 2.45) is 17.6 Å². The standard InChI is InChI=1S/C11H16N2O3S/c12-10-4-3-8-6-13(7-9(8)10)17(14,15)11-2-1-5-16-11/h1-2,5,8-10H,3-4,6-7,12H2. The first-order chi connectivity index (χ1) is 8.09. The molecule has 3 atom stereocenters. The highest BCUT2D eigenvalue weighted by Gasteiger charge is 2.45. The van der Waals surface area contributed by atoms with E-state index in [1.54, 1.807) is 6.07 Å². The lowest BCUT2D eigenvalue weighted by molar-refractivity contribution is 0.393. The Bertz CT molecular complexity index is 497. The Hall–Kier alpha value is -0.850. The van der Waals surface area contributed by atoms with E-state index in [1.165, 1.54) is 16.6 Å². The average Bonchev–Trinajstić information content (AvgIpc) is 2.96. The number of hydrogen-bond donors (Lipinski definition) is 1. The second-order valence-electron chi connectivity index (χ2n) is 4.92. The van der Waals surface area contributed by atoms with Gasteiger partial charge in [-0.05, 0) is 36.8 Å². The van der Waals surface area contributed by atoms with Crippen LogP contribution < -0.4 is 5.73 Å². The minimum absolute atomic E-state index is 0.0334. The van der Waals surface area contributed by atoms with Gasteiger partial charge >= 0.3 is 0 Å². The van der Waals surface area contributed by atoms with E-state index in [0.29, 0.717) is 24.9 Å². The minimum Gasteiger partial charge on any atom is -0.452 e. The number of furan rings is 1. The summed E-state index contributed by atoms with van der Waals surface area (Å²) in [5, 5.41) is 0.0334. The molecule has 1 aliphatic heterocycles. The van der Waals surface area contributed by atoms with Crippen LogP contribution >= 0.6 is 0 Å². The molecule has 1 saturated heterocycles. The van der Waals surface area contributed by atoms with Crippen molar-refractivity contribution in [1.29, 1.82) is 0 Å². The van der Waals surface area contributed by atoms with Crippen LogP contribution in [0.1, 0.15) is 12.8 Å². The topological polar surface area (TPSA) is 76.5 Å². The first kappa shape index (κ1) is 11.3. The number of fused-ring (bicyclic) bond motifs is 1. The number of nitrogens with zero attached hydrogens (tertiary/aromatic N) is 1. The minimum atomic E-state index is -3.45. The highest BCUT2D eigenvalue weighted by molar-refractivity contribution is 7.89. The zero-order valence-corrected chi connectivity index (χ0v) is 10.3. The van der Waals surface area contributed by atoms with Gasteiger partial charge in [-0.25, -0.2) is 8.42 Å². The maximum absolute atomic E-state index is 12.2. The molecule has 5 nitrogen and oxygen atoms in total. The van der Waals surface area contributed by atoms with Crippen LogP contribution in [0.4, 0.5) is 0 Å². The monoisotopic (exact) mass is 256 g/mol. The molecule has 1 aliphatic carbocycles. The summed E-state index contributed by atoms with van der Waals surface area (Å²) in [6, 6.07) is 3.23. The first-order valence-electron chi connectivity index (χ1n) is 5.88. The van der Waals surface area contributed by atoms with Crippen molar-refractivity contribution in [1.82, 2.24) is 4.31 Å². The lowest BCUT2D eigenvalue weighted by Gasteiger charge is -2.16. The van der Waals surface area contributed by atoms with Crippen molar-refractivity contribution in [3.8, 4) is 0 Å². The average molecular weight is 256 g/mol. The van der Waals surface area contributed by atoms with Crippen LogP contribution in [-0.2, 0) is 10.0 Å². The van der Waals surface area contributed by atoms with Gasteiger partial charge in [-0.1, -0.05) is 0 Å². The Balaban J connectivity index is 1.84. The Kier molecular flexibility index (Phi) is 2.53. The van der Waals surface area contributed by atoms with Crippen LogP contribution in [0.25, 0.3) is 0 Å². The fraction of sp³-hybridized carbons (Fsp3) is 0.636. The molecule has 2 aliphatic rings. The molecule has 2 heterocycles. The predicted molar refractivity (Wildman–Crippen MR) is 61.7 cm³/mol. The van der Waals surface area contributed by atoms with Crippen molar-refractivity contribution in [3.05, 3.63) is 18.4 Å². The van der Waals surface area contributed by atoms with Gasteiger partial charge in [0.2, 0.25) is 5.09 Å². The summed E-state index contributed by atoms with van der Waals surface area (Å²) in [5.74, 6) is 0.745. The molecular formula is C11H16N2O3S. The van der Waals surface area contributed by atoms with Gasteiger partial charge in [-0.3, -0.25) is 0 Å². The molecule has 0 spiro atoms. The van der Waals surface area contributed by atoms with Crippen LogP contribution in [-0.4, -0.2) is 31.9 Å². The molecule has 0 radical (unpaired) electrons. The van der Waals surface area contributed by atoms with E-state index in [0.717, 1.165) is 12.8 Å². The van der Waals surface area contributed by atoms with E-state index in [2.05, 4.69) is 0 Å². The van der Waals surface area contributed by atoms with Gasteiger partial charge in [0.15, 0.2) is 0 Å². The Morgan fingerprint density at radius 2 is 2.18 bits per heavy atom. The van der Waals surface area contributed by atoms with Crippen molar-refractivity contribution < 1.29 is 12.8 Å². The zero-order valence-electron chi connectivity index (χ0n) is 9.45. The molecule has 3 rings (SSSR count). The van der Waals surface area contributed by atoms with Gasteiger partial charge in [0.25, 0.3) is 10.0 Å². The normalized spacial score (nSPS) is 34.1. The van der Waals surface area contributed by atoms with Crippen LogP contribution in [0.3, 0.4) is 0 Å². The smallest absolute Gasteiger partial charge is 0.276 e. The molecule has 3 unspecified atom stereocenters. The van der Waals surface area contributed by atoms with E-state index >= 15 is 0 Å². The number of sulfonamides is 1. The van der Waals surface area contributed by atoms with E-state index in [9.17, 15) is 8.42 Å². The molecular weight excluding hydrogens is 240 g/mol. The molecule has 1 aromatic rings. The largest absolute Gasteiger partial charge is 0.452 e. The van der Waals surface area contributed by atoms with E-state index < -0.39 is 10.0 Å².